The van der Waals surface area contributed by atoms with E-state index in [-0.39, 0.29) is 5.91 Å². The molecule has 0 atom stereocenters. The van der Waals surface area contributed by atoms with Gasteiger partial charge in [0, 0.05) is 12.6 Å². The Hall–Kier alpha value is -2.31. The van der Waals surface area contributed by atoms with Crippen molar-refractivity contribution < 1.29 is 14.3 Å². The highest BCUT2D eigenvalue weighted by Gasteiger charge is 2.28. The molecule has 3 rings (SSSR count). The predicted molar refractivity (Wildman–Crippen MR) is 114 cm³/mol. The van der Waals surface area contributed by atoms with Crippen LogP contribution in [-0.4, -0.2) is 35.4 Å². The minimum absolute atomic E-state index is 0.0853. The van der Waals surface area contributed by atoms with Crippen molar-refractivity contribution in [3.8, 4) is 11.5 Å². The number of para-hydroxylation sites is 1. The lowest BCUT2D eigenvalue weighted by Gasteiger charge is -2.11. The van der Waals surface area contributed by atoms with E-state index in [0.717, 1.165) is 11.3 Å². The van der Waals surface area contributed by atoms with Gasteiger partial charge in [0.2, 0.25) is 0 Å². The maximum absolute atomic E-state index is 12.2. The molecule has 0 spiro atoms. The van der Waals surface area contributed by atoms with E-state index in [1.165, 1.54) is 27.8 Å². The zero-order valence-electron chi connectivity index (χ0n) is 15.5. The number of amides is 1. The first-order chi connectivity index (χ1) is 13.0. The Morgan fingerprint density at radius 1 is 1.07 bits per heavy atom. The summed E-state index contributed by atoms with van der Waals surface area (Å²) in [6.45, 7) is 4.99. The molecule has 1 fully saturated rings. The summed E-state index contributed by atoms with van der Waals surface area (Å²) in [5.41, 5.74) is 3.29. The zero-order chi connectivity index (χ0) is 19.4. The molecule has 140 valence electrons. The normalized spacial score (nSPS) is 15.5. The second kappa shape index (κ2) is 8.59. The molecule has 0 aromatic heterocycles. The third-order valence-corrected chi connectivity index (χ3v) is 5.76. The molecule has 6 heteroatoms. The number of thioether (sulfide) groups is 1. The summed E-state index contributed by atoms with van der Waals surface area (Å²) in [4.78, 5) is 14.3. The fourth-order valence-electron chi connectivity index (χ4n) is 2.53. The highest BCUT2D eigenvalue weighted by atomic mass is 32.2. The Morgan fingerprint density at radius 2 is 1.81 bits per heavy atom. The average Bonchev–Trinajstić information content (AvgIpc) is 2.89. The van der Waals surface area contributed by atoms with Crippen molar-refractivity contribution in [1.82, 2.24) is 4.90 Å². The lowest BCUT2D eigenvalue weighted by molar-refractivity contribution is -0.121. The Bertz CT molecular complexity index is 908. The van der Waals surface area contributed by atoms with Gasteiger partial charge in [-0.3, -0.25) is 9.69 Å². The van der Waals surface area contributed by atoms with Crippen LogP contribution in [0.1, 0.15) is 16.7 Å². The summed E-state index contributed by atoms with van der Waals surface area (Å²) >= 11 is 6.48. The number of likely N-dealkylation sites (N-methyl/N-ethyl adjacent to an activating group) is 1. The summed E-state index contributed by atoms with van der Waals surface area (Å²) in [6.07, 6.45) is 1.82. The number of hydrogen-bond donors (Lipinski definition) is 0. The van der Waals surface area contributed by atoms with Gasteiger partial charge in [-0.2, -0.15) is 0 Å². The predicted octanol–water partition coefficient (Wildman–Crippen LogP) is 4.59. The van der Waals surface area contributed by atoms with Gasteiger partial charge in [-0.15, -0.1) is 0 Å². The van der Waals surface area contributed by atoms with E-state index in [2.05, 4.69) is 13.8 Å². The molecule has 1 saturated heterocycles. The lowest BCUT2D eigenvalue weighted by Crippen LogP contribution is -2.22. The molecule has 4 nitrogen and oxygen atoms in total. The first kappa shape index (κ1) is 19.5. The minimum atomic E-state index is -0.0853. The Morgan fingerprint density at radius 3 is 2.52 bits per heavy atom. The fraction of sp³-hybridized carbons (Fsp3) is 0.238. The van der Waals surface area contributed by atoms with E-state index in [1.54, 1.807) is 7.05 Å². The largest absolute Gasteiger partial charge is 0.490 e. The van der Waals surface area contributed by atoms with Gasteiger partial charge in [0.05, 0.1) is 4.91 Å². The number of nitrogens with zero attached hydrogens (tertiary/aromatic N) is 1. The maximum Gasteiger partial charge on any atom is 0.265 e. The van der Waals surface area contributed by atoms with Crippen molar-refractivity contribution >= 4 is 40.3 Å². The van der Waals surface area contributed by atoms with Crippen molar-refractivity contribution in [3.05, 3.63) is 64.1 Å². The van der Waals surface area contributed by atoms with Gasteiger partial charge in [-0.1, -0.05) is 48.2 Å². The number of benzene rings is 2. The SMILES string of the molecule is Cc1ccc(OCCOc2ccccc2C=C2SC(=S)N(C)C2=O)cc1C. The van der Waals surface area contributed by atoms with Crippen LogP contribution in [0, 0.1) is 13.8 Å². The number of carbonyl (C=O) groups is 1. The van der Waals surface area contributed by atoms with E-state index in [0.29, 0.717) is 28.2 Å². The highest BCUT2D eigenvalue weighted by molar-refractivity contribution is 8.26. The van der Waals surface area contributed by atoms with Crippen LogP contribution in [0.3, 0.4) is 0 Å². The second-order valence-electron chi connectivity index (χ2n) is 6.22. The highest BCUT2D eigenvalue weighted by Crippen LogP contribution is 2.33. The van der Waals surface area contributed by atoms with Crippen molar-refractivity contribution in [3.63, 3.8) is 0 Å². The molecule has 1 aliphatic rings. The van der Waals surface area contributed by atoms with Crippen LogP contribution in [0.5, 0.6) is 11.5 Å². The molecule has 0 unspecified atom stereocenters. The molecule has 1 amide bonds. The van der Waals surface area contributed by atoms with E-state index in [1.807, 2.05) is 48.5 Å². The molecular weight excluding hydrogens is 378 g/mol. The lowest BCUT2D eigenvalue weighted by atomic mass is 10.1. The topological polar surface area (TPSA) is 38.8 Å². The Kier molecular flexibility index (Phi) is 6.19. The van der Waals surface area contributed by atoms with Crippen LogP contribution in [0.15, 0.2) is 47.4 Å². The van der Waals surface area contributed by atoms with Gasteiger partial charge in [0.25, 0.3) is 5.91 Å². The summed E-state index contributed by atoms with van der Waals surface area (Å²) in [6, 6.07) is 13.7. The van der Waals surface area contributed by atoms with Gasteiger partial charge in [0.1, 0.15) is 29.0 Å². The van der Waals surface area contributed by atoms with Crippen molar-refractivity contribution in [2.45, 2.75) is 13.8 Å². The number of aryl methyl sites for hydroxylation is 2. The number of hydrogen-bond acceptors (Lipinski definition) is 5. The molecular formula is C21H21NO3S2. The van der Waals surface area contributed by atoms with E-state index < -0.39 is 0 Å². The molecule has 0 saturated carbocycles. The smallest absolute Gasteiger partial charge is 0.265 e. The van der Waals surface area contributed by atoms with Gasteiger partial charge >= 0.3 is 0 Å². The van der Waals surface area contributed by atoms with Crippen molar-refractivity contribution in [1.29, 1.82) is 0 Å². The molecule has 1 aliphatic heterocycles. The van der Waals surface area contributed by atoms with Crippen LogP contribution in [0.25, 0.3) is 6.08 Å². The first-order valence-corrected chi connectivity index (χ1v) is 9.81. The van der Waals surface area contributed by atoms with Crippen LogP contribution in [-0.2, 0) is 4.79 Å². The monoisotopic (exact) mass is 399 g/mol. The molecule has 27 heavy (non-hydrogen) atoms. The average molecular weight is 400 g/mol. The van der Waals surface area contributed by atoms with E-state index >= 15 is 0 Å². The summed E-state index contributed by atoms with van der Waals surface area (Å²) in [7, 11) is 1.69. The number of thiocarbonyl (C=S) groups is 1. The standard InChI is InChI=1S/C21H21NO3S2/c1-14-8-9-17(12-15(14)2)24-10-11-25-18-7-5-4-6-16(18)13-19-20(23)22(3)21(26)27-19/h4-9,12-13H,10-11H2,1-3H3. The summed E-state index contributed by atoms with van der Waals surface area (Å²) in [5, 5.41) is 0. The Balaban J connectivity index is 1.62. The second-order valence-corrected chi connectivity index (χ2v) is 7.90. The summed E-state index contributed by atoms with van der Waals surface area (Å²) < 4.78 is 12.2. The van der Waals surface area contributed by atoms with Crippen LogP contribution in [0.4, 0.5) is 0 Å². The zero-order valence-corrected chi connectivity index (χ0v) is 17.2. The molecule has 2 aromatic rings. The molecule has 0 aliphatic carbocycles. The van der Waals surface area contributed by atoms with Crippen LogP contribution >= 0.6 is 24.0 Å². The van der Waals surface area contributed by atoms with Gasteiger partial charge < -0.3 is 9.47 Å². The quantitative estimate of drug-likeness (QED) is 0.403. The number of rotatable bonds is 6. The third kappa shape index (κ3) is 4.70. The third-order valence-electron chi connectivity index (χ3n) is 4.28. The molecule has 0 N–H and O–H groups in total. The van der Waals surface area contributed by atoms with Gasteiger partial charge in [-0.25, -0.2) is 0 Å². The fourth-order valence-corrected chi connectivity index (χ4v) is 3.70. The van der Waals surface area contributed by atoms with Crippen LogP contribution < -0.4 is 9.47 Å². The van der Waals surface area contributed by atoms with Crippen LogP contribution in [0.2, 0.25) is 0 Å². The maximum atomic E-state index is 12.2. The van der Waals surface area contributed by atoms with E-state index in [4.69, 9.17) is 21.7 Å². The van der Waals surface area contributed by atoms with Gasteiger partial charge in [0.15, 0.2) is 0 Å². The molecule has 2 aromatic carbocycles. The molecule has 0 bridgehead atoms. The van der Waals surface area contributed by atoms with Crippen molar-refractivity contribution in [2.75, 3.05) is 20.3 Å². The Labute approximate surface area is 169 Å². The van der Waals surface area contributed by atoms with Crippen molar-refractivity contribution in [2.24, 2.45) is 0 Å². The number of carbonyl (C=O) groups excluding carboxylic acids is 1. The minimum Gasteiger partial charge on any atom is -0.490 e. The molecule has 0 radical (unpaired) electrons. The number of ether oxygens (including phenoxy) is 2. The first-order valence-electron chi connectivity index (χ1n) is 8.59. The molecule has 1 heterocycles. The van der Waals surface area contributed by atoms with E-state index in [9.17, 15) is 4.79 Å². The van der Waals surface area contributed by atoms with Gasteiger partial charge in [-0.05, 0) is 49.2 Å². The summed E-state index contributed by atoms with van der Waals surface area (Å²) in [5.74, 6) is 1.46.